The highest BCUT2D eigenvalue weighted by atomic mass is 79.9. The van der Waals surface area contributed by atoms with E-state index in [4.69, 9.17) is 17.0 Å². The highest BCUT2D eigenvalue weighted by molar-refractivity contribution is 9.10. The third-order valence-corrected chi connectivity index (χ3v) is 3.72. The summed E-state index contributed by atoms with van der Waals surface area (Å²) in [7, 11) is 0. The zero-order valence-corrected chi connectivity index (χ0v) is 15.5. The van der Waals surface area contributed by atoms with Gasteiger partial charge in [0.2, 0.25) is 0 Å². The van der Waals surface area contributed by atoms with Gasteiger partial charge >= 0.3 is 0 Å². The molecule has 122 valence electrons. The Morgan fingerprint density at radius 2 is 2.00 bits per heavy atom. The monoisotopic (exact) mass is 386 g/mol. The number of benzene rings is 1. The van der Waals surface area contributed by atoms with Crippen LogP contribution in [-0.4, -0.2) is 24.2 Å². The number of carbonyl (C=O) groups excluding carboxylic acids is 1. The molecule has 0 unspecified atom stereocenters. The van der Waals surface area contributed by atoms with Crippen molar-refractivity contribution in [1.29, 1.82) is 0 Å². The number of hydrogen-bond donors (Lipinski definition) is 2. The Labute approximate surface area is 146 Å². The Hall–Kier alpha value is -1.14. The fourth-order valence-corrected chi connectivity index (χ4v) is 2.28. The highest BCUT2D eigenvalue weighted by Crippen LogP contribution is 2.23. The van der Waals surface area contributed by atoms with E-state index in [-0.39, 0.29) is 5.91 Å². The van der Waals surface area contributed by atoms with E-state index >= 15 is 0 Å². The fraction of sp³-hybridized carbons (Fsp3) is 0.500. The molecule has 0 aliphatic rings. The van der Waals surface area contributed by atoms with Gasteiger partial charge in [0.05, 0.1) is 12.2 Å². The van der Waals surface area contributed by atoms with Gasteiger partial charge in [0.15, 0.2) is 5.11 Å². The number of unbranched alkanes of at least 4 members (excludes halogenated alkanes) is 2. The van der Waals surface area contributed by atoms with Gasteiger partial charge in [-0.15, -0.1) is 0 Å². The molecule has 0 spiro atoms. The number of hydrogen-bond acceptors (Lipinski definition) is 3. The first-order chi connectivity index (χ1) is 10.6. The van der Waals surface area contributed by atoms with Crippen LogP contribution in [0.1, 0.15) is 49.9 Å². The Bertz CT molecular complexity index is 509. The number of ether oxygens (including phenoxy) is 1. The van der Waals surface area contributed by atoms with Crippen LogP contribution in [0.5, 0.6) is 5.75 Å². The average Bonchev–Trinajstić information content (AvgIpc) is 2.49. The van der Waals surface area contributed by atoms with E-state index in [1.807, 2.05) is 6.07 Å². The predicted molar refractivity (Wildman–Crippen MR) is 97.5 cm³/mol. The maximum absolute atomic E-state index is 12.4. The van der Waals surface area contributed by atoms with E-state index in [1.165, 1.54) is 0 Å². The first kappa shape index (κ1) is 18.9. The molecule has 4 nitrogen and oxygen atoms in total. The largest absolute Gasteiger partial charge is 0.493 e. The first-order valence-corrected chi connectivity index (χ1v) is 8.80. The molecule has 0 saturated carbocycles. The van der Waals surface area contributed by atoms with Gasteiger partial charge in [-0.2, -0.15) is 0 Å². The van der Waals surface area contributed by atoms with Gasteiger partial charge in [-0.3, -0.25) is 10.1 Å². The lowest BCUT2D eigenvalue weighted by Crippen LogP contribution is -2.39. The molecule has 0 radical (unpaired) electrons. The number of nitrogens with one attached hydrogen (secondary N) is 2. The quantitative estimate of drug-likeness (QED) is 0.522. The molecule has 1 aromatic carbocycles. The Balaban J connectivity index is 2.69. The minimum atomic E-state index is -0.262. The van der Waals surface area contributed by atoms with Crippen LogP contribution in [0.4, 0.5) is 0 Å². The molecule has 0 atom stereocenters. The van der Waals surface area contributed by atoms with Crippen LogP contribution >= 0.6 is 28.1 Å². The van der Waals surface area contributed by atoms with Gasteiger partial charge in [-0.05, 0) is 43.3 Å². The zero-order chi connectivity index (χ0) is 16.4. The minimum absolute atomic E-state index is 0.262. The van der Waals surface area contributed by atoms with Crippen molar-refractivity contribution in [2.45, 2.75) is 39.5 Å². The van der Waals surface area contributed by atoms with Crippen molar-refractivity contribution in [2.24, 2.45) is 0 Å². The molecule has 1 aromatic rings. The summed E-state index contributed by atoms with van der Waals surface area (Å²) >= 11 is 8.51. The van der Waals surface area contributed by atoms with E-state index in [1.54, 1.807) is 12.1 Å². The van der Waals surface area contributed by atoms with Gasteiger partial charge in [0.25, 0.3) is 5.91 Å². The maximum Gasteiger partial charge on any atom is 0.261 e. The van der Waals surface area contributed by atoms with E-state index < -0.39 is 0 Å². The number of rotatable bonds is 8. The molecule has 2 N–H and O–H groups in total. The van der Waals surface area contributed by atoms with Crippen molar-refractivity contribution in [3.63, 3.8) is 0 Å². The number of carbonyl (C=O) groups is 1. The minimum Gasteiger partial charge on any atom is -0.493 e. The van der Waals surface area contributed by atoms with Gasteiger partial charge in [-0.25, -0.2) is 0 Å². The topological polar surface area (TPSA) is 50.4 Å². The third kappa shape index (κ3) is 6.75. The Morgan fingerprint density at radius 3 is 2.68 bits per heavy atom. The van der Waals surface area contributed by atoms with Crippen LogP contribution in [-0.2, 0) is 0 Å². The highest BCUT2D eigenvalue weighted by Gasteiger charge is 2.14. The average molecular weight is 387 g/mol. The van der Waals surface area contributed by atoms with Crippen LogP contribution in [0.25, 0.3) is 0 Å². The molecule has 1 rings (SSSR count). The number of amides is 1. The lowest BCUT2D eigenvalue weighted by molar-refractivity contribution is 0.0972. The smallest absolute Gasteiger partial charge is 0.261 e. The predicted octanol–water partition coefficient (Wildman–Crippen LogP) is 4.03. The van der Waals surface area contributed by atoms with Gasteiger partial charge in [-0.1, -0.05) is 42.6 Å². The second-order valence-electron chi connectivity index (χ2n) is 4.91. The molecular formula is C16H23BrN2O2S. The SMILES string of the molecule is CCCCNC(=S)NC(=O)c1cc(Br)ccc1OCCCC. The Kier molecular flexibility index (Phi) is 9.08. The zero-order valence-electron chi connectivity index (χ0n) is 13.1. The van der Waals surface area contributed by atoms with Crippen LogP contribution in [0, 0.1) is 0 Å². The van der Waals surface area contributed by atoms with E-state index in [0.29, 0.717) is 23.0 Å². The summed E-state index contributed by atoms with van der Waals surface area (Å²) in [6, 6.07) is 5.39. The Morgan fingerprint density at radius 1 is 1.27 bits per heavy atom. The van der Waals surface area contributed by atoms with E-state index in [0.717, 1.165) is 36.7 Å². The van der Waals surface area contributed by atoms with E-state index in [2.05, 4.69) is 40.4 Å². The first-order valence-electron chi connectivity index (χ1n) is 7.60. The van der Waals surface area contributed by atoms with Gasteiger partial charge in [0.1, 0.15) is 5.75 Å². The summed E-state index contributed by atoms with van der Waals surface area (Å²) in [6.45, 7) is 5.55. The number of thiocarbonyl (C=S) groups is 1. The molecule has 0 aliphatic heterocycles. The van der Waals surface area contributed by atoms with Crippen LogP contribution < -0.4 is 15.4 Å². The molecule has 0 heterocycles. The van der Waals surface area contributed by atoms with E-state index in [9.17, 15) is 4.79 Å². The van der Waals surface area contributed by atoms with Gasteiger partial charge in [0, 0.05) is 11.0 Å². The summed E-state index contributed by atoms with van der Waals surface area (Å²) in [4.78, 5) is 12.4. The second-order valence-corrected chi connectivity index (χ2v) is 6.23. The lowest BCUT2D eigenvalue weighted by atomic mass is 10.2. The summed E-state index contributed by atoms with van der Waals surface area (Å²) in [6.07, 6.45) is 4.08. The molecule has 0 aromatic heterocycles. The van der Waals surface area contributed by atoms with Crippen molar-refractivity contribution < 1.29 is 9.53 Å². The summed E-state index contributed by atoms with van der Waals surface area (Å²) in [5.74, 6) is 0.312. The molecular weight excluding hydrogens is 364 g/mol. The number of halogens is 1. The van der Waals surface area contributed by atoms with Crippen molar-refractivity contribution in [2.75, 3.05) is 13.2 Å². The van der Waals surface area contributed by atoms with Crippen molar-refractivity contribution in [3.8, 4) is 5.75 Å². The molecule has 22 heavy (non-hydrogen) atoms. The van der Waals surface area contributed by atoms with Crippen molar-refractivity contribution in [3.05, 3.63) is 28.2 Å². The molecule has 0 saturated heterocycles. The summed E-state index contributed by atoms with van der Waals surface area (Å²) < 4.78 is 6.51. The molecule has 0 bridgehead atoms. The maximum atomic E-state index is 12.4. The fourth-order valence-electron chi connectivity index (χ4n) is 1.73. The summed E-state index contributed by atoms with van der Waals surface area (Å²) in [5.41, 5.74) is 0.477. The third-order valence-electron chi connectivity index (χ3n) is 2.98. The van der Waals surface area contributed by atoms with Crippen molar-refractivity contribution in [1.82, 2.24) is 10.6 Å². The molecule has 6 heteroatoms. The van der Waals surface area contributed by atoms with Crippen LogP contribution in [0.2, 0.25) is 0 Å². The van der Waals surface area contributed by atoms with Gasteiger partial charge < -0.3 is 10.1 Å². The van der Waals surface area contributed by atoms with Crippen molar-refractivity contribution >= 4 is 39.2 Å². The normalized spacial score (nSPS) is 10.1. The van der Waals surface area contributed by atoms with Crippen LogP contribution in [0.3, 0.4) is 0 Å². The summed E-state index contributed by atoms with van der Waals surface area (Å²) in [5, 5.41) is 6.06. The molecule has 1 amide bonds. The second kappa shape index (κ2) is 10.6. The standard InChI is InChI=1S/C16H23BrN2O2S/c1-3-5-9-18-16(22)19-15(20)13-11-12(17)7-8-14(13)21-10-6-4-2/h7-8,11H,3-6,9-10H2,1-2H3,(H2,18,19,20,22). The lowest BCUT2D eigenvalue weighted by Gasteiger charge is -2.13. The van der Waals surface area contributed by atoms with Crippen LogP contribution in [0.15, 0.2) is 22.7 Å². The molecule has 0 fully saturated rings. The molecule has 0 aliphatic carbocycles.